The van der Waals surface area contributed by atoms with Crippen molar-refractivity contribution < 1.29 is 19.5 Å². The predicted octanol–water partition coefficient (Wildman–Crippen LogP) is 2.27. The summed E-state index contributed by atoms with van der Waals surface area (Å²) in [5.41, 5.74) is 0.283. The van der Waals surface area contributed by atoms with Crippen molar-refractivity contribution in [1.29, 1.82) is 0 Å². The molecule has 0 bridgehead atoms. The summed E-state index contributed by atoms with van der Waals surface area (Å²) >= 11 is 0. The molecule has 0 aliphatic carbocycles. The second kappa shape index (κ2) is 7.59. The number of rotatable bonds is 6. The highest BCUT2D eigenvalue weighted by atomic mass is 16.4. The van der Waals surface area contributed by atoms with Gasteiger partial charge in [0, 0.05) is 24.1 Å². The molecule has 6 nitrogen and oxygen atoms in total. The number of benzene rings is 1. The van der Waals surface area contributed by atoms with Crippen LogP contribution in [0.5, 0.6) is 0 Å². The van der Waals surface area contributed by atoms with Crippen molar-refractivity contribution in [2.24, 2.45) is 5.41 Å². The van der Waals surface area contributed by atoms with E-state index >= 15 is 0 Å². The smallest absolute Gasteiger partial charge is 0.335 e. The van der Waals surface area contributed by atoms with E-state index in [0.717, 1.165) is 0 Å². The van der Waals surface area contributed by atoms with Crippen LogP contribution in [0.1, 0.15) is 44.0 Å². The quantitative estimate of drug-likeness (QED) is 0.702. The molecule has 22 heavy (non-hydrogen) atoms. The highest BCUT2D eigenvalue weighted by Crippen LogP contribution is 2.12. The van der Waals surface area contributed by atoms with Crippen molar-refractivity contribution in [2.75, 3.05) is 11.9 Å². The van der Waals surface area contributed by atoms with Gasteiger partial charge in [-0.15, -0.1) is 0 Å². The van der Waals surface area contributed by atoms with Gasteiger partial charge in [0.25, 0.3) is 0 Å². The van der Waals surface area contributed by atoms with E-state index in [-0.39, 0.29) is 23.8 Å². The molecule has 0 aliphatic heterocycles. The fraction of sp³-hybridized carbons (Fsp3) is 0.438. The number of carbonyl (C=O) groups is 3. The van der Waals surface area contributed by atoms with Crippen LogP contribution < -0.4 is 10.6 Å². The molecule has 1 aromatic rings. The van der Waals surface area contributed by atoms with Crippen LogP contribution in [0.15, 0.2) is 24.3 Å². The molecule has 0 radical (unpaired) electrons. The van der Waals surface area contributed by atoms with Gasteiger partial charge < -0.3 is 15.7 Å². The normalized spacial score (nSPS) is 10.9. The van der Waals surface area contributed by atoms with Gasteiger partial charge in [-0.3, -0.25) is 9.59 Å². The third kappa shape index (κ3) is 5.95. The van der Waals surface area contributed by atoms with Crippen LogP contribution in [-0.2, 0) is 9.59 Å². The van der Waals surface area contributed by atoms with Gasteiger partial charge in [0.15, 0.2) is 0 Å². The van der Waals surface area contributed by atoms with Gasteiger partial charge in [0.2, 0.25) is 11.8 Å². The molecule has 1 aromatic carbocycles. The molecule has 0 saturated carbocycles. The van der Waals surface area contributed by atoms with Gasteiger partial charge in [0.1, 0.15) is 0 Å². The van der Waals surface area contributed by atoms with E-state index in [4.69, 9.17) is 5.11 Å². The van der Waals surface area contributed by atoms with E-state index in [9.17, 15) is 14.4 Å². The lowest BCUT2D eigenvalue weighted by Gasteiger charge is -2.17. The van der Waals surface area contributed by atoms with E-state index in [1.807, 2.05) is 20.8 Å². The monoisotopic (exact) mass is 306 g/mol. The predicted molar refractivity (Wildman–Crippen MR) is 83.7 cm³/mol. The largest absolute Gasteiger partial charge is 0.478 e. The maximum Gasteiger partial charge on any atom is 0.335 e. The molecule has 0 spiro atoms. The van der Waals surface area contributed by atoms with Crippen LogP contribution in [0, 0.1) is 5.41 Å². The van der Waals surface area contributed by atoms with Crippen molar-refractivity contribution in [3.63, 3.8) is 0 Å². The van der Waals surface area contributed by atoms with Gasteiger partial charge >= 0.3 is 5.97 Å². The molecule has 0 saturated heterocycles. The van der Waals surface area contributed by atoms with E-state index in [0.29, 0.717) is 18.7 Å². The Labute approximate surface area is 129 Å². The summed E-state index contributed by atoms with van der Waals surface area (Å²) in [5.74, 6) is -1.22. The number of carboxylic acid groups (broad SMARTS) is 1. The first-order chi connectivity index (χ1) is 10.2. The minimum Gasteiger partial charge on any atom is -0.478 e. The third-order valence-electron chi connectivity index (χ3n) is 2.96. The Bertz CT molecular complexity index is 544. The van der Waals surface area contributed by atoms with Crippen molar-refractivity contribution in [1.82, 2.24) is 5.32 Å². The van der Waals surface area contributed by atoms with Crippen molar-refractivity contribution in [3.05, 3.63) is 29.8 Å². The Kier molecular flexibility index (Phi) is 6.10. The van der Waals surface area contributed by atoms with E-state index < -0.39 is 11.4 Å². The number of aromatic carboxylic acids is 1. The Morgan fingerprint density at radius 1 is 1.09 bits per heavy atom. The summed E-state index contributed by atoms with van der Waals surface area (Å²) in [4.78, 5) is 34.1. The molecule has 6 heteroatoms. The number of nitrogens with one attached hydrogen (secondary N) is 2. The lowest BCUT2D eigenvalue weighted by Crippen LogP contribution is -2.35. The fourth-order valence-corrected chi connectivity index (χ4v) is 1.64. The first-order valence-electron chi connectivity index (χ1n) is 7.11. The van der Waals surface area contributed by atoms with Crippen LogP contribution in [0.25, 0.3) is 0 Å². The average Bonchev–Trinajstić information content (AvgIpc) is 2.42. The highest BCUT2D eigenvalue weighted by Gasteiger charge is 2.20. The molecule has 3 N–H and O–H groups in total. The molecule has 0 aromatic heterocycles. The Morgan fingerprint density at radius 3 is 2.18 bits per heavy atom. The summed E-state index contributed by atoms with van der Waals surface area (Å²) in [6.07, 6.45) is 0.825. The average molecular weight is 306 g/mol. The second-order valence-corrected chi connectivity index (χ2v) is 6.04. The third-order valence-corrected chi connectivity index (χ3v) is 2.96. The maximum atomic E-state index is 11.7. The first kappa shape index (κ1) is 17.7. The zero-order chi connectivity index (χ0) is 16.8. The van der Waals surface area contributed by atoms with E-state index in [1.54, 1.807) is 12.1 Å². The Hall–Kier alpha value is -2.37. The molecule has 0 aliphatic rings. The van der Waals surface area contributed by atoms with E-state index in [1.165, 1.54) is 12.1 Å². The molecule has 120 valence electrons. The Balaban J connectivity index is 2.32. The van der Waals surface area contributed by atoms with Crippen molar-refractivity contribution in [3.8, 4) is 0 Å². The molecule has 1 rings (SSSR count). The van der Waals surface area contributed by atoms with Crippen LogP contribution in [0.3, 0.4) is 0 Å². The minimum atomic E-state index is -1.01. The number of carboxylic acids is 1. The maximum absolute atomic E-state index is 11.7. The van der Waals surface area contributed by atoms with Gasteiger partial charge in [-0.25, -0.2) is 4.79 Å². The van der Waals surface area contributed by atoms with Crippen molar-refractivity contribution >= 4 is 23.5 Å². The summed E-state index contributed by atoms with van der Waals surface area (Å²) in [6.45, 7) is 5.93. The SMILES string of the molecule is CC(C)(C)C(=O)NCCCC(=O)Nc1ccc(C(=O)O)cc1. The Morgan fingerprint density at radius 2 is 1.68 bits per heavy atom. The minimum absolute atomic E-state index is 0.0443. The van der Waals surface area contributed by atoms with Gasteiger partial charge in [0.05, 0.1) is 5.56 Å². The van der Waals surface area contributed by atoms with Crippen molar-refractivity contribution in [2.45, 2.75) is 33.6 Å². The van der Waals surface area contributed by atoms with Crippen LogP contribution >= 0.6 is 0 Å². The lowest BCUT2D eigenvalue weighted by molar-refractivity contribution is -0.128. The fourth-order valence-electron chi connectivity index (χ4n) is 1.64. The lowest BCUT2D eigenvalue weighted by atomic mass is 9.96. The molecule has 0 heterocycles. The molecule has 2 amide bonds. The molecule has 0 fully saturated rings. The van der Waals surface area contributed by atoms with Gasteiger partial charge in [-0.2, -0.15) is 0 Å². The van der Waals surface area contributed by atoms with Crippen LogP contribution in [0.2, 0.25) is 0 Å². The molecule has 0 unspecified atom stereocenters. The number of anilines is 1. The number of hydrogen-bond acceptors (Lipinski definition) is 3. The summed E-state index contributed by atoms with van der Waals surface area (Å²) in [6, 6.07) is 5.95. The molecular formula is C16H22N2O4. The summed E-state index contributed by atoms with van der Waals surface area (Å²) in [5, 5.41) is 14.2. The topological polar surface area (TPSA) is 95.5 Å². The standard InChI is InChI=1S/C16H22N2O4/c1-16(2,3)15(22)17-10-4-5-13(19)18-12-8-6-11(7-9-12)14(20)21/h6-9H,4-5,10H2,1-3H3,(H,17,22)(H,18,19)(H,20,21). The number of amides is 2. The van der Waals surface area contributed by atoms with Gasteiger partial charge in [-0.05, 0) is 30.7 Å². The number of hydrogen-bond donors (Lipinski definition) is 3. The number of carbonyl (C=O) groups excluding carboxylic acids is 2. The van der Waals surface area contributed by atoms with E-state index in [2.05, 4.69) is 10.6 Å². The molecule has 0 atom stereocenters. The van der Waals surface area contributed by atoms with Crippen LogP contribution in [0.4, 0.5) is 5.69 Å². The summed E-state index contributed by atoms with van der Waals surface area (Å²) in [7, 11) is 0. The van der Waals surface area contributed by atoms with Gasteiger partial charge in [-0.1, -0.05) is 20.8 Å². The zero-order valence-electron chi connectivity index (χ0n) is 13.1. The van der Waals surface area contributed by atoms with Crippen LogP contribution in [-0.4, -0.2) is 29.4 Å². The highest BCUT2D eigenvalue weighted by molar-refractivity contribution is 5.92. The second-order valence-electron chi connectivity index (χ2n) is 6.04. The molecular weight excluding hydrogens is 284 g/mol. The first-order valence-corrected chi connectivity index (χ1v) is 7.11. The zero-order valence-corrected chi connectivity index (χ0v) is 13.1. The summed E-state index contributed by atoms with van der Waals surface area (Å²) < 4.78 is 0.